The third-order valence-electron chi connectivity index (χ3n) is 3.92. The lowest BCUT2D eigenvalue weighted by Crippen LogP contribution is -2.16. The average Bonchev–Trinajstić information content (AvgIpc) is 2.99. The topological polar surface area (TPSA) is 72.7 Å². The molecular formula is C19H18ClN3O3. The smallest absolute Gasteiger partial charge is 0.337 e. The minimum Gasteiger partial charge on any atom is -0.465 e. The molecule has 134 valence electrons. The molecule has 0 unspecified atom stereocenters. The number of aromatic nitrogens is 2. The lowest BCUT2D eigenvalue weighted by Gasteiger charge is -2.08. The summed E-state index contributed by atoms with van der Waals surface area (Å²) < 4.78 is 6.37. The molecule has 2 aromatic heterocycles. The van der Waals surface area contributed by atoms with Crippen LogP contribution in [0, 0.1) is 0 Å². The zero-order valence-corrected chi connectivity index (χ0v) is 15.2. The van der Waals surface area contributed by atoms with Gasteiger partial charge in [0, 0.05) is 11.9 Å². The summed E-state index contributed by atoms with van der Waals surface area (Å²) in [5.41, 5.74) is 2.84. The van der Waals surface area contributed by atoms with Gasteiger partial charge in [-0.3, -0.25) is 9.20 Å². The van der Waals surface area contributed by atoms with Gasteiger partial charge in [-0.05, 0) is 42.8 Å². The molecule has 0 aliphatic carbocycles. The maximum atomic E-state index is 12.9. The van der Waals surface area contributed by atoms with E-state index in [1.807, 2.05) is 6.92 Å². The molecule has 0 spiro atoms. The summed E-state index contributed by atoms with van der Waals surface area (Å²) >= 11 is 6.08. The Balaban J connectivity index is 1.93. The van der Waals surface area contributed by atoms with Crippen molar-refractivity contribution in [3.05, 3.63) is 64.6 Å². The Labute approximate surface area is 155 Å². The Morgan fingerprint density at radius 3 is 2.58 bits per heavy atom. The highest BCUT2D eigenvalue weighted by Gasteiger charge is 2.19. The van der Waals surface area contributed by atoms with Gasteiger partial charge in [0.05, 0.1) is 23.4 Å². The maximum absolute atomic E-state index is 12.9. The second-order valence-electron chi connectivity index (χ2n) is 5.76. The number of aryl methyl sites for hydroxylation is 1. The van der Waals surface area contributed by atoms with Gasteiger partial charge in [-0.2, -0.15) is 0 Å². The summed E-state index contributed by atoms with van der Waals surface area (Å²) in [7, 11) is 1.32. The van der Waals surface area contributed by atoms with Crippen LogP contribution in [0.1, 0.15) is 39.9 Å². The van der Waals surface area contributed by atoms with E-state index in [0.29, 0.717) is 34.0 Å². The monoisotopic (exact) mass is 371 g/mol. The molecule has 1 amide bonds. The van der Waals surface area contributed by atoms with Crippen LogP contribution in [0.5, 0.6) is 0 Å². The van der Waals surface area contributed by atoms with Crippen molar-refractivity contribution in [1.29, 1.82) is 0 Å². The molecule has 6 nitrogen and oxygen atoms in total. The highest BCUT2D eigenvalue weighted by molar-refractivity contribution is 6.30. The number of amides is 1. The fourth-order valence-electron chi connectivity index (χ4n) is 2.72. The molecule has 0 atom stereocenters. The van der Waals surface area contributed by atoms with E-state index in [0.717, 1.165) is 12.1 Å². The fourth-order valence-corrected chi connectivity index (χ4v) is 2.88. The number of carbonyl (C=O) groups is 2. The molecule has 3 rings (SSSR count). The largest absolute Gasteiger partial charge is 0.465 e. The van der Waals surface area contributed by atoms with Crippen LogP contribution in [0.15, 0.2) is 42.6 Å². The van der Waals surface area contributed by atoms with Gasteiger partial charge in [0.2, 0.25) is 0 Å². The summed E-state index contributed by atoms with van der Waals surface area (Å²) in [6, 6.07) is 10.0. The number of halogens is 1. The molecule has 7 heteroatoms. The number of fused-ring (bicyclic) bond motifs is 1. The van der Waals surface area contributed by atoms with Crippen molar-refractivity contribution in [3.8, 4) is 0 Å². The molecule has 1 aromatic carbocycles. The summed E-state index contributed by atoms with van der Waals surface area (Å²) in [5.74, 6) is -0.710. The van der Waals surface area contributed by atoms with Crippen LogP contribution in [-0.2, 0) is 11.2 Å². The van der Waals surface area contributed by atoms with E-state index in [4.69, 9.17) is 11.6 Å². The summed E-state index contributed by atoms with van der Waals surface area (Å²) in [6.07, 6.45) is 3.23. The Hall–Kier alpha value is -2.86. The SMILES string of the molecule is CCCc1nc2ccc(Cl)cn2c1C(=O)Nc1ccc(C(=O)OC)cc1. The number of rotatable bonds is 5. The Morgan fingerprint density at radius 1 is 1.19 bits per heavy atom. The number of hydrogen-bond acceptors (Lipinski definition) is 4. The number of nitrogens with one attached hydrogen (secondary N) is 1. The van der Waals surface area contributed by atoms with Crippen LogP contribution < -0.4 is 5.32 Å². The van der Waals surface area contributed by atoms with Crippen LogP contribution in [0.4, 0.5) is 5.69 Å². The van der Waals surface area contributed by atoms with Crippen molar-refractivity contribution in [3.63, 3.8) is 0 Å². The number of benzene rings is 1. The second-order valence-corrected chi connectivity index (χ2v) is 6.19. The average molecular weight is 372 g/mol. The first-order chi connectivity index (χ1) is 12.5. The Morgan fingerprint density at radius 2 is 1.92 bits per heavy atom. The molecule has 0 fully saturated rings. The standard InChI is InChI=1S/C19H18ClN3O3/c1-3-4-15-17(23-11-13(20)7-10-16(23)22-15)18(24)21-14-8-5-12(6-9-14)19(25)26-2/h5-11H,3-4H2,1-2H3,(H,21,24). The predicted octanol–water partition coefficient (Wildman–Crippen LogP) is 3.98. The van der Waals surface area contributed by atoms with Gasteiger partial charge in [-0.15, -0.1) is 0 Å². The molecule has 2 heterocycles. The van der Waals surface area contributed by atoms with Crippen molar-refractivity contribution >= 4 is 34.8 Å². The van der Waals surface area contributed by atoms with Gasteiger partial charge in [-0.1, -0.05) is 24.9 Å². The van der Waals surface area contributed by atoms with E-state index in [9.17, 15) is 9.59 Å². The Bertz CT molecular complexity index is 964. The number of ether oxygens (including phenoxy) is 1. The summed E-state index contributed by atoms with van der Waals surface area (Å²) in [5, 5.41) is 3.37. The van der Waals surface area contributed by atoms with E-state index >= 15 is 0 Å². The number of pyridine rings is 1. The number of hydrogen-bond donors (Lipinski definition) is 1. The normalized spacial score (nSPS) is 10.7. The van der Waals surface area contributed by atoms with E-state index in [1.165, 1.54) is 7.11 Å². The molecule has 0 bridgehead atoms. The quantitative estimate of drug-likeness (QED) is 0.688. The van der Waals surface area contributed by atoms with Crippen LogP contribution in [0.25, 0.3) is 5.65 Å². The third kappa shape index (κ3) is 3.55. The van der Waals surface area contributed by atoms with Gasteiger partial charge in [0.1, 0.15) is 11.3 Å². The predicted molar refractivity (Wildman–Crippen MR) is 99.9 cm³/mol. The molecule has 0 saturated carbocycles. The van der Waals surface area contributed by atoms with Gasteiger partial charge >= 0.3 is 5.97 Å². The number of esters is 1. The van der Waals surface area contributed by atoms with Crippen molar-refractivity contribution in [2.24, 2.45) is 0 Å². The minimum absolute atomic E-state index is 0.283. The number of nitrogens with zero attached hydrogens (tertiary/aromatic N) is 2. The lowest BCUT2D eigenvalue weighted by molar-refractivity contribution is 0.0600. The van der Waals surface area contributed by atoms with Gasteiger partial charge in [0.15, 0.2) is 0 Å². The van der Waals surface area contributed by atoms with Crippen LogP contribution >= 0.6 is 11.6 Å². The molecule has 0 aliphatic rings. The van der Waals surface area contributed by atoms with Gasteiger partial charge < -0.3 is 10.1 Å². The van der Waals surface area contributed by atoms with Crippen molar-refractivity contribution < 1.29 is 14.3 Å². The molecule has 3 aromatic rings. The molecular weight excluding hydrogens is 354 g/mol. The number of imidazole rings is 1. The van der Waals surface area contributed by atoms with Crippen LogP contribution in [0.2, 0.25) is 5.02 Å². The van der Waals surface area contributed by atoms with Gasteiger partial charge in [-0.25, -0.2) is 9.78 Å². The highest BCUT2D eigenvalue weighted by Crippen LogP contribution is 2.20. The first kappa shape index (κ1) is 17.9. The van der Waals surface area contributed by atoms with E-state index in [-0.39, 0.29) is 5.91 Å². The van der Waals surface area contributed by atoms with E-state index < -0.39 is 5.97 Å². The number of methoxy groups -OCH3 is 1. The number of carbonyl (C=O) groups excluding carboxylic acids is 2. The first-order valence-corrected chi connectivity index (χ1v) is 8.57. The summed E-state index contributed by atoms with van der Waals surface area (Å²) in [6.45, 7) is 2.03. The molecule has 0 saturated heterocycles. The van der Waals surface area contributed by atoms with Crippen molar-refractivity contribution in [1.82, 2.24) is 9.38 Å². The van der Waals surface area contributed by atoms with Crippen LogP contribution in [0.3, 0.4) is 0 Å². The summed E-state index contributed by atoms with van der Waals surface area (Å²) in [4.78, 5) is 28.9. The highest BCUT2D eigenvalue weighted by atomic mass is 35.5. The minimum atomic E-state index is -0.426. The first-order valence-electron chi connectivity index (χ1n) is 8.19. The third-order valence-corrected chi connectivity index (χ3v) is 4.14. The number of anilines is 1. The second kappa shape index (κ2) is 7.58. The zero-order valence-electron chi connectivity index (χ0n) is 14.5. The zero-order chi connectivity index (χ0) is 18.7. The maximum Gasteiger partial charge on any atom is 0.337 e. The molecule has 1 N–H and O–H groups in total. The van der Waals surface area contributed by atoms with Gasteiger partial charge in [0.25, 0.3) is 5.91 Å². The van der Waals surface area contributed by atoms with Crippen molar-refractivity contribution in [2.75, 3.05) is 12.4 Å². The molecule has 0 radical (unpaired) electrons. The van der Waals surface area contributed by atoms with Crippen molar-refractivity contribution in [2.45, 2.75) is 19.8 Å². The lowest BCUT2D eigenvalue weighted by atomic mass is 10.2. The molecule has 0 aliphatic heterocycles. The van der Waals surface area contributed by atoms with Crippen LogP contribution in [-0.4, -0.2) is 28.4 Å². The van der Waals surface area contributed by atoms with E-state index in [2.05, 4.69) is 15.0 Å². The van der Waals surface area contributed by atoms with E-state index in [1.54, 1.807) is 47.0 Å². The molecule has 26 heavy (non-hydrogen) atoms. The fraction of sp³-hybridized carbons (Fsp3) is 0.211. The Kier molecular flexibility index (Phi) is 5.23.